The molecule has 3 atom stereocenters. The van der Waals surface area contributed by atoms with E-state index in [1.807, 2.05) is 42.2 Å². The van der Waals surface area contributed by atoms with Crippen molar-refractivity contribution < 1.29 is 14.6 Å². The highest BCUT2D eigenvalue weighted by molar-refractivity contribution is 5.82. The number of hydrogen-bond donors (Lipinski definition) is 2. The van der Waals surface area contributed by atoms with Gasteiger partial charge in [-0.3, -0.25) is 4.79 Å². The van der Waals surface area contributed by atoms with Gasteiger partial charge in [0.1, 0.15) is 0 Å². The number of amides is 1. The number of carbonyl (C=O) groups is 1. The van der Waals surface area contributed by atoms with Crippen molar-refractivity contribution in [1.82, 2.24) is 4.90 Å². The number of aliphatic hydroxyl groups is 1. The van der Waals surface area contributed by atoms with Gasteiger partial charge in [0.2, 0.25) is 5.91 Å². The van der Waals surface area contributed by atoms with Crippen LogP contribution in [0.1, 0.15) is 31.7 Å². The smallest absolute Gasteiger partial charge is 0.239 e. The van der Waals surface area contributed by atoms with Gasteiger partial charge in [-0.15, -0.1) is 0 Å². The van der Waals surface area contributed by atoms with Crippen LogP contribution in [0.5, 0.6) is 0 Å². The van der Waals surface area contributed by atoms with Crippen molar-refractivity contribution in [3.8, 4) is 0 Å². The van der Waals surface area contributed by atoms with Crippen molar-refractivity contribution in [2.75, 3.05) is 19.7 Å². The topological polar surface area (TPSA) is 75.8 Å². The molecule has 1 aliphatic heterocycles. The molecule has 2 aliphatic rings. The zero-order valence-corrected chi connectivity index (χ0v) is 14.4. The number of nitrogens with zero attached hydrogens (tertiary/aromatic N) is 1. The number of carbonyl (C=O) groups excluding carboxylic acids is 1. The molecule has 3 rings (SSSR count). The maximum absolute atomic E-state index is 12.6. The second kappa shape index (κ2) is 7.21. The summed E-state index contributed by atoms with van der Waals surface area (Å²) in [6.45, 7) is 3.97. The molecule has 1 amide bonds. The SMILES string of the molecule is CCOC1CC(O)C12CCN(C(=O)[C@@H](N)Cc1ccccc1)CC2. The first-order valence-corrected chi connectivity index (χ1v) is 8.95. The number of piperidine rings is 1. The zero-order chi connectivity index (χ0) is 17.2. The summed E-state index contributed by atoms with van der Waals surface area (Å²) >= 11 is 0. The van der Waals surface area contributed by atoms with E-state index in [0.717, 1.165) is 24.8 Å². The normalized spacial score (nSPS) is 26.9. The molecule has 3 N–H and O–H groups in total. The highest BCUT2D eigenvalue weighted by atomic mass is 16.5. The Morgan fingerprint density at radius 3 is 2.62 bits per heavy atom. The maximum atomic E-state index is 12.6. The van der Waals surface area contributed by atoms with E-state index < -0.39 is 6.04 Å². The first kappa shape index (κ1) is 17.4. The molecule has 2 fully saturated rings. The number of ether oxygens (including phenoxy) is 1. The fourth-order valence-corrected chi connectivity index (χ4v) is 4.15. The Balaban J connectivity index is 1.55. The second-order valence-electron chi connectivity index (χ2n) is 7.05. The molecule has 5 heteroatoms. The first-order chi connectivity index (χ1) is 11.6. The molecule has 1 aromatic carbocycles. The van der Waals surface area contributed by atoms with Gasteiger partial charge in [0.05, 0.1) is 18.2 Å². The van der Waals surface area contributed by atoms with Crippen LogP contribution >= 0.6 is 0 Å². The van der Waals surface area contributed by atoms with Gasteiger partial charge in [-0.25, -0.2) is 0 Å². The Hall–Kier alpha value is -1.43. The highest BCUT2D eigenvalue weighted by Crippen LogP contribution is 2.50. The van der Waals surface area contributed by atoms with Crippen molar-refractivity contribution >= 4 is 5.91 Å². The zero-order valence-electron chi connectivity index (χ0n) is 14.4. The maximum Gasteiger partial charge on any atom is 0.239 e. The van der Waals surface area contributed by atoms with E-state index >= 15 is 0 Å². The van der Waals surface area contributed by atoms with Gasteiger partial charge in [-0.1, -0.05) is 30.3 Å². The van der Waals surface area contributed by atoms with Gasteiger partial charge in [0, 0.05) is 31.5 Å². The molecule has 1 saturated heterocycles. The molecule has 5 nitrogen and oxygen atoms in total. The van der Waals surface area contributed by atoms with E-state index in [1.165, 1.54) is 0 Å². The van der Waals surface area contributed by atoms with Crippen molar-refractivity contribution in [3.63, 3.8) is 0 Å². The quantitative estimate of drug-likeness (QED) is 0.853. The van der Waals surface area contributed by atoms with Crippen LogP contribution in [0.4, 0.5) is 0 Å². The van der Waals surface area contributed by atoms with Crippen LogP contribution in [-0.4, -0.2) is 53.9 Å². The molecule has 1 heterocycles. The third kappa shape index (κ3) is 3.21. The second-order valence-corrected chi connectivity index (χ2v) is 7.05. The van der Waals surface area contributed by atoms with E-state index in [1.54, 1.807) is 0 Å². The average Bonchev–Trinajstić information content (AvgIpc) is 2.62. The minimum Gasteiger partial charge on any atom is -0.392 e. The van der Waals surface area contributed by atoms with Crippen molar-refractivity contribution in [1.29, 1.82) is 0 Å². The van der Waals surface area contributed by atoms with Gasteiger partial charge in [-0.2, -0.15) is 0 Å². The Morgan fingerprint density at radius 2 is 2.04 bits per heavy atom. The summed E-state index contributed by atoms with van der Waals surface area (Å²) in [5.74, 6) is 0.00970. The lowest BCUT2D eigenvalue weighted by molar-refractivity contribution is -0.210. The number of hydrogen-bond acceptors (Lipinski definition) is 4. The lowest BCUT2D eigenvalue weighted by atomic mass is 9.58. The average molecular weight is 332 g/mol. The van der Waals surface area contributed by atoms with E-state index in [0.29, 0.717) is 26.1 Å². The number of nitrogens with two attached hydrogens (primary N) is 1. The lowest BCUT2D eigenvalue weighted by Gasteiger charge is -2.56. The number of rotatable bonds is 5. The van der Waals surface area contributed by atoms with Crippen LogP contribution in [0.25, 0.3) is 0 Å². The van der Waals surface area contributed by atoms with Crippen LogP contribution < -0.4 is 5.73 Å². The van der Waals surface area contributed by atoms with Gasteiger partial charge < -0.3 is 20.5 Å². The fourth-order valence-electron chi connectivity index (χ4n) is 4.15. The Labute approximate surface area is 143 Å². The molecule has 1 spiro atoms. The van der Waals surface area contributed by atoms with Crippen LogP contribution in [-0.2, 0) is 16.0 Å². The molecule has 1 aliphatic carbocycles. The summed E-state index contributed by atoms with van der Waals surface area (Å²) in [5, 5.41) is 10.2. The van der Waals surface area contributed by atoms with Crippen molar-refractivity contribution in [3.05, 3.63) is 35.9 Å². The number of benzene rings is 1. The fraction of sp³-hybridized carbons (Fsp3) is 0.632. The molecule has 0 radical (unpaired) electrons. The number of likely N-dealkylation sites (tertiary alicyclic amines) is 1. The molecule has 2 unspecified atom stereocenters. The van der Waals surface area contributed by atoms with Crippen LogP contribution in [0.15, 0.2) is 30.3 Å². The van der Waals surface area contributed by atoms with E-state index in [4.69, 9.17) is 10.5 Å². The highest BCUT2D eigenvalue weighted by Gasteiger charge is 2.56. The summed E-state index contributed by atoms with van der Waals surface area (Å²) < 4.78 is 5.78. The largest absolute Gasteiger partial charge is 0.392 e. The minimum absolute atomic E-state index is 0.00970. The predicted octanol–water partition coefficient (Wildman–Crippen LogP) is 1.33. The van der Waals surface area contributed by atoms with Gasteiger partial charge in [-0.05, 0) is 31.7 Å². The van der Waals surface area contributed by atoms with Gasteiger partial charge in [0.25, 0.3) is 0 Å². The third-order valence-corrected chi connectivity index (χ3v) is 5.73. The summed E-state index contributed by atoms with van der Waals surface area (Å²) in [4.78, 5) is 14.5. The van der Waals surface area contributed by atoms with E-state index in [9.17, 15) is 9.90 Å². The standard InChI is InChI=1S/C19H28N2O3/c1-2-24-17-13-16(22)19(17)8-10-21(11-9-19)18(23)15(20)12-14-6-4-3-5-7-14/h3-7,15-17,22H,2,8-13,20H2,1H3/t15-,16?,17?/m0/s1. The van der Waals surface area contributed by atoms with E-state index in [2.05, 4.69) is 0 Å². The van der Waals surface area contributed by atoms with Crippen molar-refractivity contribution in [2.45, 2.75) is 50.9 Å². The molecule has 24 heavy (non-hydrogen) atoms. The Morgan fingerprint density at radius 1 is 1.38 bits per heavy atom. The molecular weight excluding hydrogens is 304 g/mol. The molecule has 0 bridgehead atoms. The lowest BCUT2D eigenvalue weighted by Crippen LogP contribution is -2.63. The summed E-state index contributed by atoms with van der Waals surface area (Å²) in [7, 11) is 0. The summed E-state index contributed by atoms with van der Waals surface area (Å²) in [6.07, 6.45) is 2.70. The van der Waals surface area contributed by atoms with Crippen LogP contribution in [0.3, 0.4) is 0 Å². The number of aliphatic hydroxyl groups excluding tert-OH is 1. The molecule has 0 aromatic heterocycles. The Bertz CT molecular complexity index is 553. The van der Waals surface area contributed by atoms with Gasteiger partial charge >= 0.3 is 0 Å². The molecular formula is C19H28N2O3. The molecule has 132 valence electrons. The third-order valence-electron chi connectivity index (χ3n) is 5.73. The molecule has 1 saturated carbocycles. The summed E-state index contributed by atoms with van der Waals surface area (Å²) in [6, 6.07) is 9.37. The summed E-state index contributed by atoms with van der Waals surface area (Å²) in [5.41, 5.74) is 7.06. The monoisotopic (exact) mass is 332 g/mol. The Kier molecular flexibility index (Phi) is 5.23. The molecule has 1 aromatic rings. The first-order valence-electron chi connectivity index (χ1n) is 8.95. The van der Waals surface area contributed by atoms with Crippen LogP contribution in [0, 0.1) is 5.41 Å². The minimum atomic E-state index is -0.504. The van der Waals surface area contributed by atoms with Gasteiger partial charge in [0.15, 0.2) is 0 Å². The van der Waals surface area contributed by atoms with Crippen LogP contribution in [0.2, 0.25) is 0 Å². The predicted molar refractivity (Wildman–Crippen MR) is 92.4 cm³/mol. The van der Waals surface area contributed by atoms with E-state index in [-0.39, 0.29) is 23.5 Å². The van der Waals surface area contributed by atoms with Crippen molar-refractivity contribution in [2.24, 2.45) is 11.1 Å².